The lowest BCUT2D eigenvalue weighted by molar-refractivity contribution is -0.137. The van der Waals surface area contributed by atoms with Crippen LogP contribution in [0.1, 0.15) is 16.7 Å². The Bertz CT molecular complexity index is 595. The van der Waals surface area contributed by atoms with Crippen molar-refractivity contribution in [3.05, 3.63) is 58.1 Å². The summed E-state index contributed by atoms with van der Waals surface area (Å²) >= 11 is 6.02. The summed E-state index contributed by atoms with van der Waals surface area (Å²) in [5, 5.41) is 0.318. The largest absolute Gasteiger partial charge is 0.416 e. The van der Waals surface area contributed by atoms with Gasteiger partial charge in [0.05, 0.1) is 5.56 Å². The Morgan fingerprint density at radius 2 is 1.47 bits per heavy atom. The first-order valence-corrected chi connectivity index (χ1v) is 6.10. The molecule has 0 aliphatic heterocycles. The summed E-state index contributed by atoms with van der Waals surface area (Å²) in [5.41, 5.74) is 2.40. The number of hydrogen-bond donors (Lipinski definition) is 0. The van der Waals surface area contributed by atoms with Crippen LogP contribution in [0.5, 0.6) is 0 Å². The minimum absolute atomic E-state index is 0.318. The molecule has 0 unspecified atom stereocenters. The fourth-order valence-corrected chi connectivity index (χ4v) is 2.28. The van der Waals surface area contributed by atoms with E-state index in [4.69, 9.17) is 11.6 Å². The summed E-state index contributed by atoms with van der Waals surface area (Å²) in [4.78, 5) is 0. The number of halogens is 4. The second-order valence-corrected chi connectivity index (χ2v) is 4.98. The van der Waals surface area contributed by atoms with Gasteiger partial charge in [-0.05, 0) is 37.6 Å². The molecule has 4 heteroatoms. The number of rotatable bonds is 1. The summed E-state index contributed by atoms with van der Waals surface area (Å²) in [7, 11) is 0. The highest BCUT2D eigenvalue weighted by molar-refractivity contribution is 6.33. The van der Waals surface area contributed by atoms with Crippen molar-refractivity contribution < 1.29 is 13.2 Å². The second kappa shape index (κ2) is 4.89. The topological polar surface area (TPSA) is 0 Å². The summed E-state index contributed by atoms with van der Waals surface area (Å²) in [6, 6.07) is 9.00. The van der Waals surface area contributed by atoms with Crippen molar-refractivity contribution in [2.75, 3.05) is 0 Å². The van der Waals surface area contributed by atoms with Gasteiger partial charge in [0.25, 0.3) is 0 Å². The number of aryl methyl sites for hydroxylation is 2. The summed E-state index contributed by atoms with van der Waals surface area (Å²) in [6.07, 6.45) is -4.36. The van der Waals surface area contributed by atoms with Crippen LogP contribution in [-0.4, -0.2) is 0 Å². The Morgan fingerprint density at radius 1 is 0.895 bits per heavy atom. The van der Waals surface area contributed by atoms with Gasteiger partial charge in [-0.15, -0.1) is 0 Å². The van der Waals surface area contributed by atoms with E-state index in [1.807, 2.05) is 32.0 Å². The molecule has 100 valence electrons. The molecule has 0 N–H and O–H groups in total. The van der Waals surface area contributed by atoms with Crippen LogP contribution in [0.25, 0.3) is 11.1 Å². The van der Waals surface area contributed by atoms with E-state index in [0.717, 1.165) is 23.3 Å². The van der Waals surface area contributed by atoms with E-state index < -0.39 is 11.7 Å². The predicted molar refractivity (Wildman–Crippen MR) is 71.4 cm³/mol. The van der Waals surface area contributed by atoms with E-state index >= 15 is 0 Å². The Kier molecular flexibility index (Phi) is 3.59. The quantitative estimate of drug-likeness (QED) is 0.635. The molecule has 2 rings (SSSR count). The smallest absolute Gasteiger partial charge is 0.166 e. The Morgan fingerprint density at radius 3 is 2.00 bits per heavy atom. The Labute approximate surface area is 114 Å². The third kappa shape index (κ3) is 3.10. The highest BCUT2D eigenvalue weighted by Crippen LogP contribution is 2.36. The van der Waals surface area contributed by atoms with Crippen molar-refractivity contribution >= 4 is 11.6 Å². The molecule has 2 aromatic carbocycles. The third-order valence-corrected chi connectivity index (χ3v) is 3.16. The third-order valence-electron chi connectivity index (χ3n) is 2.83. The van der Waals surface area contributed by atoms with Crippen LogP contribution in [0.15, 0.2) is 36.4 Å². The molecule has 0 saturated carbocycles. The molecule has 0 nitrogen and oxygen atoms in total. The minimum atomic E-state index is -4.36. The fourth-order valence-electron chi connectivity index (χ4n) is 2.05. The van der Waals surface area contributed by atoms with Crippen LogP contribution in [0.2, 0.25) is 5.02 Å². The standard InChI is InChI=1S/C15H12ClF3/c1-9-5-10(2)7-11(6-9)13-8-12(15(17,18)19)3-4-14(13)16/h3-8H,1-2H3. The van der Waals surface area contributed by atoms with Crippen LogP contribution in [0.4, 0.5) is 13.2 Å². The van der Waals surface area contributed by atoms with E-state index in [0.29, 0.717) is 16.1 Å². The zero-order chi connectivity index (χ0) is 14.2. The normalized spacial score (nSPS) is 11.7. The van der Waals surface area contributed by atoms with Crippen molar-refractivity contribution in [3.8, 4) is 11.1 Å². The van der Waals surface area contributed by atoms with Gasteiger partial charge in [-0.2, -0.15) is 13.2 Å². The van der Waals surface area contributed by atoms with Crippen molar-refractivity contribution in [2.45, 2.75) is 20.0 Å². The minimum Gasteiger partial charge on any atom is -0.166 e. The first-order valence-electron chi connectivity index (χ1n) is 5.73. The van der Waals surface area contributed by atoms with Crippen LogP contribution in [-0.2, 0) is 6.18 Å². The van der Waals surface area contributed by atoms with Crippen LogP contribution < -0.4 is 0 Å². The second-order valence-electron chi connectivity index (χ2n) is 4.57. The molecule has 0 spiro atoms. The maximum Gasteiger partial charge on any atom is 0.416 e. The molecule has 0 radical (unpaired) electrons. The van der Waals surface area contributed by atoms with E-state index in [1.165, 1.54) is 6.07 Å². The van der Waals surface area contributed by atoms with Crippen LogP contribution >= 0.6 is 11.6 Å². The molecule has 0 aromatic heterocycles. The summed E-state index contributed by atoms with van der Waals surface area (Å²) in [5.74, 6) is 0. The molecule has 0 aliphatic carbocycles. The maximum absolute atomic E-state index is 12.7. The molecule has 19 heavy (non-hydrogen) atoms. The summed E-state index contributed by atoms with van der Waals surface area (Å²) in [6.45, 7) is 3.80. The average Bonchev–Trinajstić information content (AvgIpc) is 2.26. The van der Waals surface area contributed by atoms with Gasteiger partial charge in [0, 0.05) is 10.6 Å². The van der Waals surface area contributed by atoms with Gasteiger partial charge in [-0.1, -0.05) is 40.9 Å². The molecular formula is C15H12ClF3. The zero-order valence-electron chi connectivity index (χ0n) is 10.5. The van der Waals surface area contributed by atoms with Crippen LogP contribution in [0, 0.1) is 13.8 Å². The van der Waals surface area contributed by atoms with Gasteiger partial charge in [-0.25, -0.2) is 0 Å². The Hall–Kier alpha value is -1.48. The van der Waals surface area contributed by atoms with E-state index in [-0.39, 0.29) is 0 Å². The molecule has 2 aromatic rings. The van der Waals surface area contributed by atoms with Gasteiger partial charge in [0.15, 0.2) is 0 Å². The number of hydrogen-bond acceptors (Lipinski definition) is 0. The first kappa shape index (κ1) is 13.9. The molecule has 0 aliphatic rings. The van der Waals surface area contributed by atoms with Gasteiger partial charge in [0.1, 0.15) is 0 Å². The molecule has 0 saturated heterocycles. The number of alkyl halides is 3. The first-order chi connectivity index (χ1) is 8.77. The molecule has 0 atom stereocenters. The van der Waals surface area contributed by atoms with Gasteiger partial charge in [0.2, 0.25) is 0 Å². The monoisotopic (exact) mass is 284 g/mol. The van der Waals surface area contributed by atoms with E-state index in [9.17, 15) is 13.2 Å². The van der Waals surface area contributed by atoms with Crippen molar-refractivity contribution in [1.29, 1.82) is 0 Å². The lowest BCUT2D eigenvalue weighted by atomic mass is 9.99. The van der Waals surface area contributed by atoms with Crippen molar-refractivity contribution in [3.63, 3.8) is 0 Å². The highest BCUT2D eigenvalue weighted by Gasteiger charge is 2.31. The predicted octanol–water partition coefficient (Wildman–Crippen LogP) is 5.64. The van der Waals surface area contributed by atoms with Crippen LogP contribution in [0.3, 0.4) is 0 Å². The SMILES string of the molecule is Cc1cc(C)cc(-c2cc(C(F)(F)F)ccc2Cl)c1. The lowest BCUT2D eigenvalue weighted by Gasteiger charge is -2.12. The van der Waals surface area contributed by atoms with Gasteiger partial charge < -0.3 is 0 Å². The zero-order valence-corrected chi connectivity index (χ0v) is 11.2. The molecule has 0 fully saturated rings. The summed E-state index contributed by atoms with van der Waals surface area (Å²) < 4.78 is 38.2. The fraction of sp³-hybridized carbons (Fsp3) is 0.200. The Balaban J connectivity index is 2.61. The lowest BCUT2D eigenvalue weighted by Crippen LogP contribution is -2.04. The van der Waals surface area contributed by atoms with E-state index in [1.54, 1.807) is 0 Å². The highest BCUT2D eigenvalue weighted by atomic mass is 35.5. The molecule has 0 amide bonds. The molecule has 0 heterocycles. The molecule has 0 bridgehead atoms. The van der Waals surface area contributed by atoms with E-state index in [2.05, 4.69) is 0 Å². The molecular weight excluding hydrogens is 273 g/mol. The van der Waals surface area contributed by atoms with Crippen molar-refractivity contribution in [2.24, 2.45) is 0 Å². The van der Waals surface area contributed by atoms with Crippen molar-refractivity contribution in [1.82, 2.24) is 0 Å². The number of benzene rings is 2. The van der Waals surface area contributed by atoms with Gasteiger partial charge in [-0.3, -0.25) is 0 Å². The maximum atomic E-state index is 12.7. The van der Waals surface area contributed by atoms with Gasteiger partial charge >= 0.3 is 6.18 Å². The average molecular weight is 285 g/mol.